The third-order valence-electron chi connectivity index (χ3n) is 2.63. The van der Waals surface area contributed by atoms with Crippen molar-refractivity contribution in [3.63, 3.8) is 0 Å². The van der Waals surface area contributed by atoms with Gasteiger partial charge in [-0.3, -0.25) is 10.1 Å². The first-order valence-corrected chi connectivity index (χ1v) is 6.04. The van der Waals surface area contributed by atoms with Gasteiger partial charge >= 0.3 is 5.97 Å². The quantitative estimate of drug-likeness (QED) is 0.337. The molecule has 0 aliphatic carbocycles. The Hall–Kier alpha value is -1.91. The van der Waals surface area contributed by atoms with Crippen molar-refractivity contribution >= 4 is 11.7 Å². The second kappa shape index (κ2) is 6.74. The Labute approximate surface area is 106 Å². The number of esters is 1. The lowest BCUT2D eigenvalue weighted by molar-refractivity contribution is -0.385. The van der Waals surface area contributed by atoms with Gasteiger partial charge in [-0.25, -0.2) is 4.79 Å². The highest BCUT2D eigenvalue weighted by Crippen LogP contribution is 2.21. The Bertz CT molecular complexity index is 443. The second-order valence-corrected chi connectivity index (χ2v) is 3.94. The number of nitrogens with zero attached hydrogens (tertiary/aromatic N) is 1. The Morgan fingerprint density at radius 2 is 2.11 bits per heavy atom. The molecule has 0 heterocycles. The van der Waals surface area contributed by atoms with Crippen LogP contribution in [0, 0.1) is 10.1 Å². The highest BCUT2D eigenvalue weighted by atomic mass is 16.6. The summed E-state index contributed by atoms with van der Waals surface area (Å²) in [6.45, 7) is 4.18. The summed E-state index contributed by atoms with van der Waals surface area (Å²) in [6, 6.07) is 4.46. The highest BCUT2D eigenvalue weighted by Gasteiger charge is 2.16. The van der Waals surface area contributed by atoms with Crippen LogP contribution >= 0.6 is 0 Å². The van der Waals surface area contributed by atoms with Crippen LogP contribution in [0.4, 0.5) is 5.69 Å². The van der Waals surface area contributed by atoms with Gasteiger partial charge in [-0.15, -0.1) is 0 Å². The number of carbonyl (C=O) groups excluding carboxylic acids is 1. The molecule has 0 aromatic heterocycles. The van der Waals surface area contributed by atoms with Gasteiger partial charge in [-0.1, -0.05) is 26.3 Å². The van der Waals surface area contributed by atoms with Crippen LogP contribution in [0.2, 0.25) is 0 Å². The number of rotatable bonds is 6. The lowest BCUT2D eigenvalue weighted by Crippen LogP contribution is -2.07. The summed E-state index contributed by atoms with van der Waals surface area (Å²) >= 11 is 0. The number of hydrogen-bond acceptors (Lipinski definition) is 4. The number of ether oxygens (including phenoxy) is 1. The van der Waals surface area contributed by atoms with Crippen LogP contribution in [0.25, 0.3) is 0 Å². The zero-order valence-corrected chi connectivity index (χ0v) is 10.6. The number of carbonyl (C=O) groups is 1. The van der Waals surface area contributed by atoms with Crippen LogP contribution < -0.4 is 0 Å². The Morgan fingerprint density at radius 3 is 2.67 bits per heavy atom. The van der Waals surface area contributed by atoms with E-state index in [1.54, 1.807) is 12.1 Å². The largest absolute Gasteiger partial charge is 0.462 e. The summed E-state index contributed by atoms with van der Waals surface area (Å²) in [7, 11) is 0. The number of unbranched alkanes of at least 4 members (excludes halogenated alkanes) is 1. The van der Waals surface area contributed by atoms with Gasteiger partial charge in [0.1, 0.15) is 0 Å². The fourth-order valence-electron chi connectivity index (χ4n) is 1.55. The van der Waals surface area contributed by atoms with Crippen molar-refractivity contribution in [1.29, 1.82) is 0 Å². The minimum atomic E-state index is -0.505. The summed E-state index contributed by atoms with van der Waals surface area (Å²) < 4.78 is 5.02. The molecule has 1 aromatic rings. The summed E-state index contributed by atoms with van der Waals surface area (Å²) in [5.74, 6) is -0.505. The van der Waals surface area contributed by atoms with Gasteiger partial charge in [0.25, 0.3) is 5.69 Å². The van der Waals surface area contributed by atoms with Crippen molar-refractivity contribution in [3.8, 4) is 0 Å². The van der Waals surface area contributed by atoms with Crippen molar-refractivity contribution in [2.24, 2.45) is 0 Å². The zero-order valence-electron chi connectivity index (χ0n) is 10.6. The van der Waals surface area contributed by atoms with Gasteiger partial charge in [0, 0.05) is 11.6 Å². The van der Waals surface area contributed by atoms with Crippen LogP contribution in [0.5, 0.6) is 0 Å². The van der Waals surface area contributed by atoms with Gasteiger partial charge in [0.2, 0.25) is 0 Å². The average molecular weight is 251 g/mol. The molecule has 0 aliphatic heterocycles. The van der Waals surface area contributed by atoms with Crippen LogP contribution in [0.1, 0.15) is 42.6 Å². The number of nitro benzene ring substituents is 1. The predicted molar refractivity (Wildman–Crippen MR) is 67.7 cm³/mol. The van der Waals surface area contributed by atoms with E-state index in [1.807, 2.05) is 13.8 Å². The van der Waals surface area contributed by atoms with Crippen molar-refractivity contribution in [2.45, 2.75) is 33.1 Å². The lowest BCUT2D eigenvalue weighted by atomic mass is 10.1. The third kappa shape index (κ3) is 3.55. The third-order valence-corrected chi connectivity index (χ3v) is 2.63. The van der Waals surface area contributed by atoms with Gasteiger partial charge in [-0.05, 0) is 18.9 Å². The van der Waals surface area contributed by atoms with E-state index in [9.17, 15) is 14.9 Å². The molecule has 0 bridgehead atoms. The molecule has 1 rings (SSSR count). The normalized spacial score (nSPS) is 10.1. The molecule has 0 spiro atoms. The summed E-state index contributed by atoms with van der Waals surface area (Å²) in [5, 5.41) is 10.9. The number of aryl methyl sites for hydroxylation is 1. The molecule has 0 fully saturated rings. The van der Waals surface area contributed by atoms with E-state index in [2.05, 4.69) is 0 Å². The smallest absolute Gasteiger partial charge is 0.338 e. The molecule has 5 nitrogen and oxygen atoms in total. The van der Waals surface area contributed by atoms with E-state index in [1.165, 1.54) is 6.07 Å². The maximum absolute atomic E-state index is 11.6. The fourth-order valence-corrected chi connectivity index (χ4v) is 1.55. The molecule has 1 aromatic carbocycles. The molecular weight excluding hydrogens is 234 g/mol. The van der Waals surface area contributed by atoms with E-state index in [0.717, 1.165) is 12.8 Å². The van der Waals surface area contributed by atoms with Crippen LogP contribution in [-0.2, 0) is 11.2 Å². The number of nitro groups is 1. The molecule has 0 saturated carbocycles. The molecule has 0 aliphatic rings. The molecule has 0 radical (unpaired) electrons. The van der Waals surface area contributed by atoms with Crippen molar-refractivity contribution in [2.75, 3.05) is 6.61 Å². The van der Waals surface area contributed by atoms with E-state index in [4.69, 9.17) is 4.74 Å². The van der Waals surface area contributed by atoms with Gasteiger partial charge < -0.3 is 4.74 Å². The van der Waals surface area contributed by atoms with Gasteiger partial charge in [0.05, 0.1) is 17.1 Å². The summed E-state index contributed by atoms with van der Waals surface area (Å²) in [5.41, 5.74) is 0.822. The molecule has 0 saturated heterocycles. The number of benzene rings is 1. The SMILES string of the molecule is CCCCOC(=O)c1ccc(CC)c([N+](=O)[O-])c1. The van der Waals surface area contributed by atoms with E-state index < -0.39 is 10.9 Å². The lowest BCUT2D eigenvalue weighted by Gasteiger charge is -2.05. The van der Waals surface area contributed by atoms with Crippen molar-refractivity contribution < 1.29 is 14.5 Å². The molecule has 0 amide bonds. The first-order chi connectivity index (χ1) is 8.60. The molecular formula is C13H17NO4. The van der Waals surface area contributed by atoms with Crippen LogP contribution in [-0.4, -0.2) is 17.5 Å². The molecule has 5 heteroatoms. The Kier molecular flexibility index (Phi) is 5.30. The van der Waals surface area contributed by atoms with Crippen molar-refractivity contribution in [3.05, 3.63) is 39.4 Å². The maximum atomic E-state index is 11.6. The van der Waals surface area contributed by atoms with Crippen molar-refractivity contribution in [1.82, 2.24) is 0 Å². The number of hydrogen-bond donors (Lipinski definition) is 0. The first kappa shape index (κ1) is 14.2. The van der Waals surface area contributed by atoms with Gasteiger partial charge in [0.15, 0.2) is 0 Å². The standard InChI is InChI=1S/C13H17NO4/c1-3-5-8-18-13(15)11-7-6-10(4-2)12(9-11)14(16)17/h6-7,9H,3-5,8H2,1-2H3. The molecule has 0 atom stereocenters. The minimum absolute atomic E-state index is 0.0255. The van der Waals surface area contributed by atoms with Crippen LogP contribution in [0.3, 0.4) is 0 Å². The summed E-state index contributed by atoms with van der Waals surface area (Å²) in [4.78, 5) is 22.0. The first-order valence-electron chi connectivity index (χ1n) is 6.04. The van der Waals surface area contributed by atoms with E-state index >= 15 is 0 Å². The van der Waals surface area contributed by atoms with Crippen LogP contribution in [0.15, 0.2) is 18.2 Å². The molecule has 0 N–H and O–H groups in total. The molecule has 0 unspecified atom stereocenters. The topological polar surface area (TPSA) is 69.4 Å². The summed E-state index contributed by atoms with van der Waals surface area (Å²) in [6.07, 6.45) is 2.28. The fraction of sp³-hybridized carbons (Fsp3) is 0.462. The average Bonchev–Trinajstić information content (AvgIpc) is 2.38. The zero-order chi connectivity index (χ0) is 13.5. The van der Waals surface area contributed by atoms with Gasteiger partial charge in [-0.2, -0.15) is 0 Å². The Morgan fingerprint density at radius 1 is 1.39 bits per heavy atom. The highest BCUT2D eigenvalue weighted by molar-refractivity contribution is 5.90. The minimum Gasteiger partial charge on any atom is -0.462 e. The van der Waals surface area contributed by atoms with E-state index in [-0.39, 0.29) is 11.3 Å². The molecule has 98 valence electrons. The molecule has 18 heavy (non-hydrogen) atoms. The maximum Gasteiger partial charge on any atom is 0.338 e. The van der Waals surface area contributed by atoms with E-state index in [0.29, 0.717) is 18.6 Å². The predicted octanol–water partition coefficient (Wildman–Crippen LogP) is 3.11. The second-order valence-electron chi connectivity index (χ2n) is 3.94. The monoisotopic (exact) mass is 251 g/mol. The Balaban J connectivity index is 2.87.